The van der Waals surface area contributed by atoms with Crippen LogP contribution < -0.4 is 10.3 Å². The highest BCUT2D eigenvalue weighted by Crippen LogP contribution is 2.34. The highest BCUT2D eigenvalue weighted by Gasteiger charge is 2.21. The number of aryl methyl sites for hydroxylation is 2. The molecule has 5 nitrogen and oxygen atoms in total. The maximum atomic E-state index is 12.5. The van der Waals surface area contributed by atoms with Crippen LogP contribution >= 0.6 is 22.9 Å². The van der Waals surface area contributed by atoms with Gasteiger partial charge in [0.05, 0.1) is 11.9 Å². The third kappa shape index (κ3) is 3.63. The van der Waals surface area contributed by atoms with E-state index in [-0.39, 0.29) is 5.56 Å². The van der Waals surface area contributed by atoms with Crippen molar-refractivity contribution in [1.29, 1.82) is 0 Å². The van der Waals surface area contributed by atoms with Crippen LogP contribution in [0.3, 0.4) is 0 Å². The maximum absolute atomic E-state index is 12.5. The zero-order valence-corrected chi connectivity index (χ0v) is 16.1. The van der Waals surface area contributed by atoms with Crippen molar-refractivity contribution < 1.29 is 4.74 Å². The number of H-pyrrole nitrogens is 1. The van der Waals surface area contributed by atoms with Gasteiger partial charge in [0.1, 0.15) is 23.0 Å². The summed E-state index contributed by atoms with van der Waals surface area (Å²) in [5.41, 5.74) is 1.21. The van der Waals surface area contributed by atoms with Crippen molar-refractivity contribution in [3.05, 3.63) is 55.9 Å². The number of hydrogen-bond acceptors (Lipinski definition) is 5. The number of benzene rings is 1. The van der Waals surface area contributed by atoms with Gasteiger partial charge in [-0.2, -0.15) is 0 Å². The van der Waals surface area contributed by atoms with Gasteiger partial charge < -0.3 is 9.72 Å². The number of ether oxygens (including phenoxy) is 1. The number of aromatic amines is 1. The molecular formula is C19H20ClN3O2S. The van der Waals surface area contributed by atoms with Crippen LogP contribution in [0, 0.1) is 0 Å². The summed E-state index contributed by atoms with van der Waals surface area (Å²) >= 11 is 7.54. The van der Waals surface area contributed by atoms with Gasteiger partial charge in [-0.05, 0) is 56.1 Å². The van der Waals surface area contributed by atoms with Gasteiger partial charge in [-0.15, -0.1) is 11.3 Å². The first-order chi connectivity index (χ1) is 12.6. The molecule has 1 aliphatic carbocycles. The zero-order chi connectivity index (χ0) is 18.1. The molecule has 2 aromatic heterocycles. The summed E-state index contributed by atoms with van der Waals surface area (Å²) in [5, 5.41) is 1.50. The number of halogens is 1. The van der Waals surface area contributed by atoms with E-state index in [1.54, 1.807) is 11.3 Å². The van der Waals surface area contributed by atoms with E-state index in [2.05, 4.69) is 14.9 Å². The highest BCUT2D eigenvalue weighted by atomic mass is 35.5. The number of hydrogen-bond donors (Lipinski definition) is 1. The third-order valence-corrected chi connectivity index (χ3v) is 6.04. The number of nitrogens with one attached hydrogen (secondary N) is 1. The normalized spacial score (nSPS) is 13.5. The Kier molecular flexibility index (Phi) is 4.98. The van der Waals surface area contributed by atoms with Gasteiger partial charge >= 0.3 is 0 Å². The SMILES string of the molecule is CN(CCOc1ccc(Cl)cc1)Cc1nc2sc3c(c2c(=O)[nH]1)CCC3. The first-order valence-corrected chi connectivity index (χ1v) is 9.90. The molecule has 2 heterocycles. The standard InChI is InChI=1S/C19H20ClN3O2S/c1-23(9-10-25-13-7-5-12(20)6-8-13)11-16-21-18(24)17-14-3-2-4-15(14)26-19(17)22-16/h5-8H,2-4,9-11H2,1H3,(H,21,22,24). The quantitative estimate of drug-likeness (QED) is 0.699. The smallest absolute Gasteiger partial charge is 0.259 e. The van der Waals surface area contributed by atoms with Crippen LogP contribution in [0.15, 0.2) is 29.1 Å². The molecule has 0 bridgehead atoms. The van der Waals surface area contributed by atoms with E-state index in [4.69, 9.17) is 16.3 Å². The molecule has 4 rings (SSSR count). The van der Waals surface area contributed by atoms with Crippen LogP contribution in [-0.2, 0) is 19.4 Å². The molecule has 0 radical (unpaired) electrons. The Balaban J connectivity index is 1.39. The predicted molar refractivity (Wildman–Crippen MR) is 106 cm³/mol. The van der Waals surface area contributed by atoms with Crippen molar-refractivity contribution in [2.75, 3.05) is 20.2 Å². The molecule has 1 aromatic carbocycles. The molecule has 3 aromatic rings. The summed E-state index contributed by atoms with van der Waals surface area (Å²) < 4.78 is 5.71. The van der Waals surface area contributed by atoms with E-state index in [1.807, 2.05) is 31.3 Å². The molecule has 7 heteroatoms. The first-order valence-electron chi connectivity index (χ1n) is 8.70. The molecule has 0 unspecified atom stereocenters. The Morgan fingerprint density at radius 2 is 2.12 bits per heavy atom. The molecule has 136 valence electrons. The van der Waals surface area contributed by atoms with E-state index in [9.17, 15) is 4.79 Å². The molecule has 0 fully saturated rings. The largest absolute Gasteiger partial charge is 0.492 e. The van der Waals surface area contributed by atoms with Gasteiger partial charge in [-0.3, -0.25) is 9.69 Å². The van der Waals surface area contributed by atoms with E-state index < -0.39 is 0 Å². The summed E-state index contributed by atoms with van der Waals surface area (Å²) in [7, 11) is 1.99. The Bertz CT molecular complexity index is 981. The topological polar surface area (TPSA) is 58.2 Å². The zero-order valence-electron chi connectivity index (χ0n) is 14.5. The Hall–Kier alpha value is -1.89. The molecule has 0 aliphatic heterocycles. The summed E-state index contributed by atoms with van der Waals surface area (Å²) in [4.78, 5) is 24.4. The summed E-state index contributed by atoms with van der Waals surface area (Å²) in [6.07, 6.45) is 3.23. The Morgan fingerprint density at radius 1 is 1.31 bits per heavy atom. The Morgan fingerprint density at radius 3 is 2.92 bits per heavy atom. The van der Waals surface area contributed by atoms with Crippen molar-refractivity contribution >= 4 is 33.2 Å². The first kappa shape index (κ1) is 17.5. The number of rotatable bonds is 6. The second kappa shape index (κ2) is 7.39. The lowest BCUT2D eigenvalue weighted by molar-refractivity contribution is 0.230. The van der Waals surface area contributed by atoms with Crippen molar-refractivity contribution in [3.63, 3.8) is 0 Å². The van der Waals surface area contributed by atoms with Crippen molar-refractivity contribution in [2.45, 2.75) is 25.8 Å². The monoisotopic (exact) mass is 389 g/mol. The molecule has 0 saturated heterocycles. The third-order valence-electron chi connectivity index (χ3n) is 4.60. The maximum Gasteiger partial charge on any atom is 0.259 e. The van der Waals surface area contributed by atoms with Gasteiger partial charge in [-0.1, -0.05) is 11.6 Å². The van der Waals surface area contributed by atoms with Crippen LogP contribution in [-0.4, -0.2) is 35.1 Å². The predicted octanol–water partition coefficient (Wildman–Crippen LogP) is 3.64. The van der Waals surface area contributed by atoms with Crippen LogP contribution in [0.2, 0.25) is 5.02 Å². The van der Waals surface area contributed by atoms with E-state index >= 15 is 0 Å². The molecule has 26 heavy (non-hydrogen) atoms. The van der Waals surface area contributed by atoms with Gasteiger partial charge in [-0.25, -0.2) is 4.98 Å². The minimum absolute atomic E-state index is 0.00443. The minimum Gasteiger partial charge on any atom is -0.492 e. The molecule has 0 atom stereocenters. The highest BCUT2D eigenvalue weighted by molar-refractivity contribution is 7.18. The lowest BCUT2D eigenvalue weighted by Crippen LogP contribution is -2.26. The van der Waals surface area contributed by atoms with Crippen LogP contribution in [0.1, 0.15) is 22.7 Å². The van der Waals surface area contributed by atoms with Crippen LogP contribution in [0.25, 0.3) is 10.2 Å². The summed E-state index contributed by atoms with van der Waals surface area (Å²) in [5.74, 6) is 1.50. The summed E-state index contributed by atoms with van der Waals surface area (Å²) in [6.45, 7) is 1.86. The molecular weight excluding hydrogens is 370 g/mol. The van der Waals surface area contributed by atoms with Crippen LogP contribution in [0.4, 0.5) is 0 Å². The van der Waals surface area contributed by atoms with Gasteiger partial charge in [0.15, 0.2) is 0 Å². The van der Waals surface area contributed by atoms with Crippen LogP contribution in [0.5, 0.6) is 5.75 Å². The lowest BCUT2D eigenvalue weighted by Gasteiger charge is -2.16. The molecule has 1 N–H and O–H groups in total. The second-order valence-electron chi connectivity index (χ2n) is 6.59. The number of nitrogens with zero attached hydrogens (tertiary/aromatic N) is 2. The van der Waals surface area contributed by atoms with Crippen molar-refractivity contribution in [3.8, 4) is 5.75 Å². The number of fused-ring (bicyclic) bond motifs is 3. The van der Waals surface area contributed by atoms with Gasteiger partial charge in [0.25, 0.3) is 5.56 Å². The fourth-order valence-corrected chi connectivity index (χ4v) is 4.71. The van der Waals surface area contributed by atoms with Gasteiger partial charge in [0, 0.05) is 16.4 Å². The number of thiophene rings is 1. The minimum atomic E-state index is -0.00443. The van der Waals surface area contributed by atoms with E-state index in [1.165, 1.54) is 10.4 Å². The number of aromatic nitrogens is 2. The van der Waals surface area contributed by atoms with E-state index in [0.29, 0.717) is 24.0 Å². The average molecular weight is 390 g/mol. The molecule has 0 amide bonds. The Labute approximate surface area is 160 Å². The summed E-state index contributed by atoms with van der Waals surface area (Å²) in [6, 6.07) is 7.32. The fraction of sp³-hybridized carbons (Fsp3) is 0.368. The molecule has 1 aliphatic rings. The fourth-order valence-electron chi connectivity index (χ4n) is 3.31. The number of likely N-dealkylation sites (N-methyl/N-ethyl adjacent to an activating group) is 1. The van der Waals surface area contributed by atoms with Crippen molar-refractivity contribution in [1.82, 2.24) is 14.9 Å². The average Bonchev–Trinajstić information content (AvgIpc) is 3.17. The molecule has 0 spiro atoms. The van der Waals surface area contributed by atoms with Crippen molar-refractivity contribution in [2.24, 2.45) is 0 Å². The van der Waals surface area contributed by atoms with E-state index in [0.717, 1.165) is 41.8 Å². The molecule has 0 saturated carbocycles. The second-order valence-corrected chi connectivity index (χ2v) is 8.11. The van der Waals surface area contributed by atoms with Gasteiger partial charge in [0.2, 0.25) is 0 Å². The lowest BCUT2D eigenvalue weighted by atomic mass is 10.2.